The molecular formula is C9H14. The summed E-state index contributed by atoms with van der Waals surface area (Å²) < 4.78 is 0. The number of allylic oxidation sites excluding steroid dienone is 2. The second-order valence-corrected chi connectivity index (χ2v) is 2.77. The minimum atomic E-state index is 0.766. The van der Waals surface area contributed by atoms with E-state index < -0.39 is 0 Å². The van der Waals surface area contributed by atoms with Gasteiger partial charge in [0.2, 0.25) is 0 Å². The molecule has 1 atom stereocenters. The summed E-state index contributed by atoms with van der Waals surface area (Å²) >= 11 is 0. The standard InChI is InChI=1S/C9H14/c1-3-5-9-7-4-6-8(9)2/h3,9H,1-2,4-7H2. The van der Waals surface area contributed by atoms with E-state index in [-0.39, 0.29) is 0 Å². The molecular weight excluding hydrogens is 108 g/mol. The molecule has 0 bridgehead atoms. The topological polar surface area (TPSA) is 0 Å². The van der Waals surface area contributed by atoms with Gasteiger partial charge in [-0.05, 0) is 31.6 Å². The molecule has 0 aliphatic heterocycles. The maximum Gasteiger partial charge on any atom is -0.0171 e. The Balaban J connectivity index is 2.39. The molecule has 0 aromatic carbocycles. The molecule has 0 N–H and O–H groups in total. The lowest BCUT2D eigenvalue weighted by Gasteiger charge is -2.05. The van der Waals surface area contributed by atoms with Crippen molar-refractivity contribution < 1.29 is 0 Å². The van der Waals surface area contributed by atoms with Crippen molar-refractivity contribution in [3.8, 4) is 0 Å². The summed E-state index contributed by atoms with van der Waals surface area (Å²) in [6.45, 7) is 7.72. The van der Waals surface area contributed by atoms with Crippen molar-refractivity contribution in [2.75, 3.05) is 0 Å². The summed E-state index contributed by atoms with van der Waals surface area (Å²) in [5.41, 5.74) is 1.44. The second-order valence-electron chi connectivity index (χ2n) is 2.77. The molecule has 50 valence electrons. The third kappa shape index (κ3) is 1.44. The van der Waals surface area contributed by atoms with Gasteiger partial charge in [0.15, 0.2) is 0 Å². The zero-order valence-electron chi connectivity index (χ0n) is 5.90. The second kappa shape index (κ2) is 2.86. The summed E-state index contributed by atoms with van der Waals surface area (Å²) in [5.74, 6) is 0.766. The van der Waals surface area contributed by atoms with Crippen LogP contribution in [0.2, 0.25) is 0 Å². The molecule has 1 aliphatic rings. The maximum absolute atomic E-state index is 4.01. The van der Waals surface area contributed by atoms with Gasteiger partial charge < -0.3 is 0 Å². The van der Waals surface area contributed by atoms with Gasteiger partial charge >= 0.3 is 0 Å². The van der Waals surface area contributed by atoms with Gasteiger partial charge in [-0.1, -0.05) is 18.2 Å². The average Bonchev–Trinajstić information content (AvgIpc) is 2.18. The Labute approximate surface area is 57.3 Å². The molecule has 0 amide bonds. The Kier molecular flexibility index (Phi) is 2.10. The van der Waals surface area contributed by atoms with Crippen LogP contribution >= 0.6 is 0 Å². The fourth-order valence-corrected chi connectivity index (χ4v) is 1.47. The Morgan fingerprint density at radius 3 is 2.89 bits per heavy atom. The summed E-state index contributed by atoms with van der Waals surface area (Å²) in [6.07, 6.45) is 7.07. The quantitative estimate of drug-likeness (QED) is 0.494. The maximum atomic E-state index is 4.01. The van der Waals surface area contributed by atoms with Crippen LogP contribution in [0.5, 0.6) is 0 Å². The van der Waals surface area contributed by atoms with E-state index in [2.05, 4.69) is 13.2 Å². The molecule has 0 heterocycles. The van der Waals surface area contributed by atoms with E-state index in [1.165, 1.54) is 24.8 Å². The van der Waals surface area contributed by atoms with Crippen molar-refractivity contribution in [3.05, 3.63) is 24.8 Å². The minimum Gasteiger partial charge on any atom is -0.103 e. The summed E-state index contributed by atoms with van der Waals surface area (Å²) in [5, 5.41) is 0. The lowest BCUT2D eigenvalue weighted by Crippen LogP contribution is -1.91. The highest BCUT2D eigenvalue weighted by Crippen LogP contribution is 2.31. The first-order valence-corrected chi connectivity index (χ1v) is 3.63. The van der Waals surface area contributed by atoms with Gasteiger partial charge in [-0.15, -0.1) is 6.58 Å². The van der Waals surface area contributed by atoms with Gasteiger partial charge in [0.1, 0.15) is 0 Å². The predicted octanol–water partition coefficient (Wildman–Crippen LogP) is 2.92. The van der Waals surface area contributed by atoms with E-state index in [0.29, 0.717) is 0 Å². The molecule has 0 aromatic heterocycles. The molecule has 1 saturated carbocycles. The van der Waals surface area contributed by atoms with Crippen LogP contribution in [0.15, 0.2) is 24.8 Å². The molecule has 9 heavy (non-hydrogen) atoms. The Bertz CT molecular complexity index is 122. The highest BCUT2D eigenvalue weighted by Gasteiger charge is 2.16. The number of hydrogen-bond acceptors (Lipinski definition) is 0. The Morgan fingerprint density at radius 1 is 1.67 bits per heavy atom. The normalized spacial score (nSPS) is 26.7. The molecule has 1 fully saturated rings. The minimum absolute atomic E-state index is 0.766. The lowest BCUT2D eigenvalue weighted by atomic mass is 10.0. The zero-order chi connectivity index (χ0) is 6.69. The van der Waals surface area contributed by atoms with Gasteiger partial charge in [0.05, 0.1) is 0 Å². The van der Waals surface area contributed by atoms with Crippen LogP contribution in [0.1, 0.15) is 25.7 Å². The highest BCUT2D eigenvalue weighted by atomic mass is 14.2. The Hall–Kier alpha value is -0.520. The highest BCUT2D eigenvalue weighted by molar-refractivity contribution is 5.07. The van der Waals surface area contributed by atoms with Crippen molar-refractivity contribution in [1.82, 2.24) is 0 Å². The van der Waals surface area contributed by atoms with Crippen molar-refractivity contribution in [2.45, 2.75) is 25.7 Å². The zero-order valence-corrected chi connectivity index (χ0v) is 5.90. The Morgan fingerprint density at radius 2 is 2.44 bits per heavy atom. The van der Waals surface area contributed by atoms with Crippen LogP contribution in [0, 0.1) is 5.92 Å². The first kappa shape index (κ1) is 6.60. The summed E-state index contributed by atoms with van der Waals surface area (Å²) in [6, 6.07) is 0. The van der Waals surface area contributed by atoms with Crippen molar-refractivity contribution in [3.63, 3.8) is 0 Å². The van der Waals surface area contributed by atoms with Crippen molar-refractivity contribution in [1.29, 1.82) is 0 Å². The van der Waals surface area contributed by atoms with E-state index in [0.717, 1.165) is 12.3 Å². The first-order valence-electron chi connectivity index (χ1n) is 3.63. The fourth-order valence-electron chi connectivity index (χ4n) is 1.47. The van der Waals surface area contributed by atoms with Gasteiger partial charge in [0, 0.05) is 0 Å². The van der Waals surface area contributed by atoms with Crippen LogP contribution in [0.25, 0.3) is 0 Å². The van der Waals surface area contributed by atoms with Gasteiger partial charge in [0.25, 0.3) is 0 Å². The summed E-state index contributed by atoms with van der Waals surface area (Å²) in [4.78, 5) is 0. The largest absolute Gasteiger partial charge is 0.103 e. The first-order chi connectivity index (χ1) is 4.34. The molecule has 1 aliphatic carbocycles. The number of hydrogen-bond donors (Lipinski definition) is 0. The fraction of sp³-hybridized carbons (Fsp3) is 0.556. The molecule has 0 heteroatoms. The predicted molar refractivity (Wildman–Crippen MR) is 41.3 cm³/mol. The molecule has 0 nitrogen and oxygen atoms in total. The van der Waals surface area contributed by atoms with E-state index in [1.807, 2.05) is 6.08 Å². The third-order valence-electron chi connectivity index (χ3n) is 2.08. The van der Waals surface area contributed by atoms with Crippen molar-refractivity contribution >= 4 is 0 Å². The molecule has 1 rings (SSSR count). The lowest BCUT2D eigenvalue weighted by molar-refractivity contribution is 0.640. The summed E-state index contributed by atoms with van der Waals surface area (Å²) in [7, 11) is 0. The van der Waals surface area contributed by atoms with Crippen molar-refractivity contribution in [2.24, 2.45) is 5.92 Å². The van der Waals surface area contributed by atoms with Crippen LogP contribution in [-0.4, -0.2) is 0 Å². The third-order valence-corrected chi connectivity index (χ3v) is 2.08. The smallest absolute Gasteiger partial charge is 0.0171 e. The van der Waals surface area contributed by atoms with Gasteiger partial charge in [-0.2, -0.15) is 0 Å². The molecule has 0 aromatic rings. The molecule has 0 saturated heterocycles. The van der Waals surface area contributed by atoms with E-state index in [1.54, 1.807) is 0 Å². The van der Waals surface area contributed by atoms with Gasteiger partial charge in [-0.25, -0.2) is 0 Å². The number of rotatable bonds is 2. The van der Waals surface area contributed by atoms with Crippen LogP contribution < -0.4 is 0 Å². The van der Waals surface area contributed by atoms with E-state index in [9.17, 15) is 0 Å². The monoisotopic (exact) mass is 122 g/mol. The molecule has 1 unspecified atom stereocenters. The van der Waals surface area contributed by atoms with E-state index in [4.69, 9.17) is 0 Å². The van der Waals surface area contributed by atoms with Crippen LogP contribution in [0.4, 0.5) is 0 Å². The average molecular weight is 122 g/mol. The van der Waals surface area contributed by atoms with Crippen LogP contribution in [-0.2, 0) is 0 Å². The SMILES string of the molecule is C=CCC1CCCC1=C. The molecule has 0 spiro atoms. The van der Waals surface area contributed by atoms with E-state index >= 15 is 0 Å². The van der Waals surface area contributed by atoms with Gasteiger partial charge in [-0.3, -0.25) is 0 Å². The van der Waals surface area contributed by atoms with Crippen LogP contribution in [0.3, 0.4) is 0 Å². The molecule has 0 radical (unpaired) electrons.